The van der Waals surface area contributed by atoms with Gasteiger partial charge >= 0.3 is 0 Å². The Hall–Kier alpha value is -1.06. The molecule has 2 atom stereocenters. The summed E-state index contributed by atoms with van der Waals surface area (Å²) in [7, 11) is -3.61. The standard InChI is InChI=1S/C16H23N3O4S/c20-24(21)15-9-17-5-1-14(15)23-12-16(18-24)4-6-19(11-16)10-13-2-7-22-8-3-13/h1,5,9,13H,2-4,6-8,10-12H2,(H-,18,20,21). The molecule has 0 bridgehead atoms. The van der Waals surface area contributed by atoms with Gasteiger partial charge < -0.3 is 18.9 Å². The zero-order valence-corrected chi connectivity index (χ0v) is 14.4. The normalized spacial score (nSPS) is 34.7. The summed E-state index contributed by atoms with van der Waals surface area (Å²) in [6, 6.07) is 1.61. The van der Waals surface area contributed by atoms with Crippen LogP contribution in [0.2, 0.25) is 0 Å². The van der Waals surface area contributed by atoms with E-state index in [1.165, 1.54) is 6.20 Å². The number of aromatic nitrogens is 1. The first-order valence-corrected chi connectivity index (χ1v) is 9.96. The highest BCUT2D eigenvalue weighted by Crippen LogP contribution is 2.35. The van der Waals surface area contributed by atoms with Crippen LogP contribution in [-0.4, -0.2) is 59.4 Å². The molecule has 0 radical (unpaired) electrons. The summed E-state index contributed by atoms with van der Waals surface area (Å²) in [6.45, 7) is 4.60. The number of pyridine rings is 1. The topological polar surface area (TPSA) is 86.8 Å². The number of ether oxygens (including phenoxy) is 2. The molecular formula is C16H23N3O4S. The summed E-state index contributed by atoms with van der Waals surface area (Å²) in [5.41, 5.74) is -0.553. The van der Waals surface area contributed by atoms with Crippen LogP contribution in [0.5, 0.6) is 5.75 Å². The average molecular weight is 353 g/mol. The van der Waals surface area contributed by atoms with Gasteiger partial charge in [-0.25, -0.2) is 0 Å². The molecule has 1 spiro atoms. The average Bonchev–Trinajstić information content (AvgIpc) is 2.91. The number of fused-ring (bicyclic) bond motifs is 1. The number of sulfonamides is 1. The fourth-order valence-corrected chi connectivity index (χ4v) is 5.38. The van der Waals surface area contributed by atoms with E-state index >= 15 is 0 Å². The first-order chi connectivity index (χ1) is 11.6. The maximum atomic E-state index is 12.7. The zero-order valence-electron chi connectivity index (χ0n) is 13.6. The number of likely N-dealkylation sites (tertiary alicyclic amines) is 1. The van der Waals surface area contributed by atoms with Gasteiger partial charge in [0.1, 0.15) is 12.1 Å². The maximum absolute atomic E-state index is 12.7. The van der Waals surface area contributed by atoms with Gasteiger partial charge in [-0.3, -0.25) is 4.98 Å². The van der Waals surface area contributed by atoms with E-state index in [1.54, 1.807) is 12.3 Å². The van der Waals surface area contributed by atoms with E-state index in [9.17, 15) is 8.76 Å². The Morgan fingerprint density at radius 1 is 1.46 bits per heavy atom. The summed E-state index contributed by atoms with van der Waals surface area (Å²) >= 11 is 0. The molecule has 8 heteroatoms. The molecule has 3 aliphatic heterocycles. The Bertz CT molecular complexity index is 652. The number of hydrogen-bond acceptors (Lipinski definition) is 6. The van der Waals surface area contributed by atoms with Crippen molar-refractivity contribution in [1.82, 2.24) is 14.6 Å². The molecule has 1 aromatic rings. The van der Waals surface area contributed by atoms with Gasteiger partial charge in [0.15, 0.2) is 16.1 Å². The van der Waals surface area contributed by atoms with Crippen LogP contribution in [0.15, 0.2) is 23.4 Å². The molecule has 0 aliphatic carbocycles. The SMILES string of the molecule is O=[S+]1([O-])NC2(CCN(CC3CCOCC3)C2)COc2ccncc21. The highest BCUT2D eigenvalue weighted by molar-refractivity contribution is 7.96. The smallest absolute Gasteiger partial charge is 0.235 e. The van der Waals surface area contributed by atoms with Gasteiger partial charge in [-0.2, -0.15) is 0 Å². The zero-order chi connectivity index (χ0) is 16.6. The molecule has 7 nitrogen and oxygen atoms in total. The van der Waals surface area contributed by atoms with Crippen LogP contribution in [0, 0.1) is 5.92 Å². The second-order valence-corrected chi connectivity index (χ2v) is 8.69. The van der Waals surface area contributed by atoms with Gasteiger partial charge in [0.2, 0.25) is 4.90 Å². The van der Waals surface area contributed by atoms with Crippen LogP contribution in [0.1, 0.15) is 19.3 Å². The maximum Gasteiger partial charge on any atom is 0.235 e. The summed E-state index contributed by atoms with van der Waals surface area (Å²) in [6.07, 6.45) is 5.84. The highest BCUT2D eigenvalue weighted by atomic mass is 32.3. The molecule has 4 heterocycles. The lowest BCUT2D eigenvalue weighted by atomic mass is 9.99. The monoisotopic (exact) mass is 353 g/mol. The predicted octanol–water partition coefficient (Wildman–Crippen LogP) is 0.839. The summed E-state index contributed by atoms with van der Waals surface area (Å²) in [5.74, 6) is 1.02. The van der Waals surface area contributed by atoms with E-state index in [-0.39, 0.29) is 4.90 Å². The second kappa shape index (κ2) is 6.34. The Labute approximate surface area is 143 Å². The molecule has 1 N–H and O–H groups in total. The first-order valence-electron chi connectivity index (χ1n) is 8.47. The summed E-state index contributed by atoms with van der Waals surface area (Å²) in [4.78, 5) is 6.41. The van der Waals surface area contributed by atoms with Gasteiger partial charge in [0.05, 0.1) is 6.20 Å². The van der Waals surface area contributed by atoms with Crippen molar-refractivity contribution in [1.29, 1.82) is 0 Å². The van der Waals surface area contributed by atoms with Crippen LogP contribution in [0.3, 0.4) is 0 Å². The summed E-state index contributed by atoms with van der Waals surface area (Å²) < 4.78 is 39.5. The molecular weight excluding hydrogens is 330 g/mol. The number of rotatable bonds is 2. The molecule has 2 unspecified atom stereocenters. The van der Waals surface area contributed by atoms with Gasteiger partial charge in [0.25, 0.3) is 0 Å². The van der Waals surface area contributed by atoms with E-state index in [2.05, 4.69) is 14.6 Å². The quantitative estimate of drug-likeness (QED) is 0.793. The molecule has 2 saturated heterocycles. The van der Waals surface area contributed by atoms with Crippen molar-refractivity contribution >= 4 is 10.4 Å². The lowest BCUT2D eigenvalue weighted by Crippen LogP contribution is -2.55. The van der Waals surface area contributed by atoms with Gasteiger partial charge in [-0.1, -0.05) is 4.21 Å². The molecule has 3 aliphatic rings. The first kappa shape index (κ1) is 16.4. The van der Waals surface area contributed by atoms with Crippen LogP contribution in [-0.2, 0) is 19.3 Å². The number of nitrogens with one attached hydrogen (secondary N) is 1. The predicted molar refractivity (Wildman–Crippen MR) is 87.3 cm³/mol. The van der Waals surface area contributed by atoms with Crippen LogP contribution >= 0.6 is 0 Å². The molecule has 0 saturated carbocycles. The lowest BCUT2D eigenvalue weighted by Gasteiger charge is -2.30. The Morgan fingerprint density at radius 3 is 3.12 bits per heavy atom. The van der Waals surface area contributed by atoms with E-state index in [1.807, 2.05) is 0 Å². The van der Waals surface area contributed by atoms with Crippen LogP contribution in [0.4, 0.5) is 0 Å². The van der Waals surface area contributed by atoms with Gasteiger partial charge in [-0.05, 0) is 25.2 Å². The fourth-order valence-electron chi connectivity index (χ4n) is 3.88. The van der Waals surface area contributed by atoms with Crippen LogP contribution < -0.4 is 9.46 Å². The number of hydrogen-bond donors (Lipinski definition) is 1. The van der Waals surface area contributed by atoms with Crippen molar-refractivity contribution < 1.29 is 18.2 Å². The lowest BCUT2D eigenvalue weighted by molar-refractivity contribution is 0.0542. The Morgan fingerprint density at radius 2 is 2.29 bits per heavy atom. The second-order valence-electron chi connectivity index (χ2n) is 7.04. The third kappa shape index (κ3) is 3.21. The number of nitrogens with zero attached hydrogens (tertiary/aromatic N) is 2. The fraction of sp³-hybridized carbons (Fsp3) is 0.688. The van der Waals surface area contributed by atoms with Crippen molar-refractivity contribution in [3.63, 3.8) is 0 Å². The van der Waals surface area contributed by atoms with Gasteiger partial charge in [0, 0.05) is 45.1 Å². The van der Waals surface area contributed by atoms with E-state index < -0.39 is 15.9 Å². The van der Waals surface area contributed by atoms with E-state index in [4.69, 9.17) is 9.47 Å². The highest BCUT2D eigenvalue weighted by Gasteiger charge is 2.48. The molecule has 0 amide bonds. The van der Waals surface area contributed by atoms with E-state index in [0.29, 0.717) is 24.8 Å². The van der Waals surface area contributed by atoms with Crippen molar-refractivity contribution in [2.45, 2.75) is 29.7 Å². The molecule has 0 aromatic carbocycles. The van der Waals surface area contributed by atoms with Crippen molar-refractivity contribution in [3.8, 4) is 5.75 Å². The molecule has 132 valence electrons. The molecule has 2 fully saturated rings. The van der Waals surface area contributed by atoms with E-state index in [0.717, 1.165) is 45.6 Å². The minimum Gasteiger partial charge on any atom is -0.593 e. The largest absolute Gasteiger partial charge is 0.593 e. The third-order valence-electron chi connectivity index (χ3n) is 5.18. The molecule has 24 heavy (non-hydrogen) atoms. The third-order valence-corrected chi connectivity index (χ3v) is 6.77. The van der Waals surface area contributed by atoms with Crippen molar-refractivity contribution in [2.75, 3.05) is 39.5 Å². The Balaban J connectivity index is 1.48. The van der Waals surface area contributed by atoms with Crippen molar-refractivity contribution in [2.24, 2.45) is 5.92 Å². The van der Waals surface area contributed by atoms with Crippen LogP contribution in [0.25, 0.3) is 0 Å². The molecule has 4 rings (SSSR count). The Kier molecular flexibility index (Phi) is 4.34. The minimum atomic E-state index is -3.61. The van der Waals surface area contributed by atoms with Crippen molar-refractivity contribution in [3.05, 3.63) is 18.5 Å². The van der Waals surface area contributed by atoms with Gasteiger partial charge in [-0.15, -0.1) is 4.72 Å². The molecule has 1 aromatic heterocycles. The minimum absolute atomic E-state index is 0.129. The summed E-state index contributed by atoms with van der Waals surface area (Å²) in [5, 5.41) is 0.